The van der Waals surface area contributed by atoms with Crippen LogP contribution in [0.1, 0.15) is 63.1 Å². The van der Waals surface area contributed by atoms with Gasteiger partial charge in [-0.2, -0.15) is 0 Å². The molecule has 0 aromatic heterocycles. The van der Waals surface area contributed by atoms with Gasteiger partial charge in [-0.3, -0.25) is 4.79 Å². The van der Waals surface area contributed by atoms with Crippen LogP contribution in [0.3, 0.4) is 0 Å². The van der Waals surface area contributed by atoms with Crippen molar-refractivity contribution in [1.29, 1.82) is 0 Å². The molecule has 0 bridgehead atoms. The van der Waals surface area contributed by atoms with Gasteiger partial charge in [0.1, 0.15) is 34.4 Å². The van der Waals surface area contributed by atoms with Gasteiger partial charge in [-0.1, -0.05) is 12.6 Å². The first kappa shape index (κ1) is 28.4. The van der Waals surface area contributed by atoms with Crippen LogP contribution in [0.5, 0.6) is 28.7 Å². The van der Waals surface area contributed by atoms with E-state index in [9.17, 15) is 14.4 Å². The van der Waals surface area contributed by atoms with Gasteiger partial charge >= 0.3 is 12.3 Å². The van der Waals surface area contributed by atoms with Gasteiger partial charge < -0.3 is 33.2 Å². The zero-order valence-electron chi connectivity index (χ0n) is 22.5. The summed E-state index contributed by atoms with van der Waals surface area (Å²) >= 11 is 0. The maximum Gasteiger partial charge on any atom is 0.514 e. The Morgan fingerprint density at radius 3 is 2.29 bits per heavy atom. The van der Waals surface area contributed by atoms with Crippen molar-refractivity contribution in [2.24, 2.45) is 0 Å². The molecule has 2 aromatic rings. The molecule has 0 saturated carbocycles. The van der Waals surface area contributed by atoms with E-state index in [4.69, 9.17) is 28.4 Å². The van der Waals surface area contributed by atoms with Gasteiger partial charge in [0.2, 0.25) is 0 Å². The Morgan fingerprint density at radius 2 is 1.68 bits per heavy atom. The lowest BCUT2D eigenvalue weighted by molar-refractivity contribution is 0.0205. The van der Waals surface area contributed by atoms with Crippen molar-refractivity contribution < 1.29 is 47.5 Å². The first-order valence-electron chi connectivity index (χ1n) is 11.8. The van der Waals surface area contributed by atoms with E-state index >= 15 is 0 Å². The number of methoxy groups -OCH3 is 2. The van der Waals surface area contributed by atoms with Crippen molar-refractivity contribution in [2.75, 3.05) is 14.2 Å². The molecule has 2 aromatic carbocycles. The predicted molar refractivity (Wildman–Crippen MR) is 137 cm³/mol. The molecule has 3 rings (SSSR count). The second kappa shape index (κ2) is 11.0. The van der Waals surface area contributed by atoms with Gasteiger partial charge in [-0.05, 0) is 58.4 Å². The number of benzene rings is 2. The molecule has 0 amide bonds. The highest BCUT2D eigenvalue weighted by molar-refractivity contribution is 6.03. The Kier molecular flexibility index (Phi) is 8.24. The van der Waals surface area contributed by atoms with Crippen LogP contribution in [-0.2, 0) is 9.47 Å². The lowest BCUT2D eigenvalue weighted by Gasteiger charge is -2.28. The molecule has 1 aliphatic heterocycles. The van der Waals surface area contributed by atoms with Crippen molar-refractivity contribution in [3.05, 3.63) is 54.1 Å². The number of fused-ring (bicyclic) bond motifs is 1. The Labute approximate surface area is 221 Å². The second-order valence-electron chi connectivity index (χ2n) is 9.97. The van der Waals surface area contributed by atoms with E-state index in [1.165, 1.54) is 19.2 Å². The number of hydrogen-bond donors (Lipinski definition) is 0. The number of hydrogen-bond acceptors (Lipinski definition) is 10. The number of ether oxygens (including phenoxy) is 7. The molecule has 0 N–H and O–H groups in total. The minimum Gasteiger partial charge on any atom is -0.493 e. The summed E-state index contributed by atoms with van der Waals surface area (Å²) in [4.78, 5) is 37.4. The summed E-state index contributed by atoms with van der Waals surface area (Å²) in [5.74, 6) is 0.390. The number of carbonyl (C=O) groups is 3. The van der Waals surface area contributed by atoms with Crippen LogP contribution in [0.25, 0.3) is 0 Å². The lowest BCUT2D eigenvalue weighted by Crippen LogP contribution is -2.26. The largest absolute Gasteiger partial charge is 0.514 e. The lowest BCUT2D eigenvalue weighted by atomic mass is 9.95. The van der Waals surface area contributed by atoms with E-state index in [-0.39, 0.29) is 35.0 Å². The molecule has 1 unspecified atom stereocenters. The monoisotopic (exact) mass is 528 g/mol. The van der Waals surface area contributed by atoms with Gasteiger partial charge in [0, 0.05) is 12.1 Å². The van der Waals surface area contributed by atoms with Crippen molar-refractivity contribution in [2.45, 2.75) is 58.3 Å². The normalized spacial score (nSPS) is 14.9. The van der Waals surface area contributed by atoms with Crippen LogP contribution in [0.2, 0.25) is 0 Å². The second-order valence-corrected chi connectivity index (χ2v) is 9.97. The minimum atomic E-state index is -1.06. The standard InChI is InChI=1S/C28H32O10/c1-9-28(5,6)37-21-12-16(10-11-19(21)32-7)20-15-18(29)24-22(35-20)13-17(14-23(24)36-25(30)33-8)34-26(31)38-27(2,3)4/h9-14,20H,1,15H2,2-8H3. The highest BCUT2D eigenvalue weighted by Gasteiger charge is 2.34. The van der Waals surface area contributed by atoms with Crippen LogP contribution in [0.15, 0.2) is 43.0 Å². The molecular weight excluding hydrogens is 496 g/mol. The molecule has 0 fully saturated rings. The molecule has 204 valence electrons. The number of rotatable bonds is 7. The Hall–Kier alpha value is -4.21. The maximum absolute atomic E-state index is 13.3. The molecule has 0 spiro atoms. The minimum absolute atomic E-state index is 0.0148. The Bertz CT molecular complexity index is 1240. The van der Waals surface area contributed by atoms with Crippen LogP contribution in [-0.4, -0.2) is 43.5 Å². The van der Waals surface area contributed by atoms with E-state index in [1.54, 1.807) is 45.0 Å². The van der Waals surface area contributed by atoms with Gasteiger partial charge in [-0.25, -0.2) is 9.59 Å². The molecule has 1 aliphatic rings. The fraction of sp³-hybridized carbons (Fsp3) is 0.393. The third kappa shape index (κ3) is 6.96. The third-order valence-corrected chi connectivity index (χ3v) is 5.33. The molecule has 0 aliphatic carbocycles. The average Bonchev–Trinajstić information content (AvgIpc) is 2.82. The molecule has 10 nitrogen and oxygen atoms in total. The SMILES string of the molecule is C=CC(C)(C)Oc1cc(C2CC(=O)c3c(OC(=O)OC)cc(OC(=O)OC(C)(C)C)cc3O2)ccc1OC. The van der Waals surface area contributed by atoms with Gasteiger partial charge in [0.25, 0.3) is 0 Å². The molecule has 1 heterocycles. The van der Waals surface area contributed by atoms with Crippen LogP contribution < -0.4 is 23.7 Å². The van der Waals surface area contributed by atoms with Crippen molar-refractivity contribution in [3.8, 4) is 28.7 Å². The molecule has 0 saturated heterocycles. The Balaban J connectivity index is 2.00. The van der Waals surface area contributed by atoms with E-state index < -0.39 is 29.6 Å². The first-order chi connectivity index (χ1) is 17.7. The zero-order valence-corrected chi connectivity index (χ0v) is 22.5. The number of ketones is 1. The van der Waals surface area contributed by atoms with Gasteiger partial charge in [0.15, 0.2) is 23.0 Å². The fourth-order valence-electron chi connectivity index (χ4n) is 3.52. The van der Waals surface area contributed by atoms with Crippen LogP contribution in [0, 0.1) is 0 Å². The number of Topliss-reactive ketones (excluding diaryl/α,β-unsaturated/α-hetero) is 1. The summed E-state index contributed by atoms with van der Waals surface area (Å²) in [5.41, 5.74) is -0.840. The number of carbonyl (C=O) groups excluding carboxylic acids is 3. The molecule has 0 radical (unpaired) electrons. The molecule has 38 heavy (non-hydrogen) atoms. The summed E-state index contributed by atoms with van der Waals surface area (Å²) < 4.78 is 37.8. The summed E-state index contributed by atoms with van der Waals surface area (Å²) in [6.45, 7) is 12.5. The average molecular weight is 529 g/mol. The summed E-state index contributed by atoms with van der Waals surface area (Å²) in [7, 11) is 2.65. The van der Waals surface area contributed by atoms with E-state index in [2.05, 4.69) is 11.3 Å². The molecule has 1 atom stereocenters. The Morgan fingerprint density at radius 1 is 0.974 bits per heavy atom. The smallest absolute Gasteiger partial charge is 0.493 e. The van der Waals surface area contributed by atoms with Crippen molar-refractivity contribution in [1.82, 2.24) is 0 Å². The van der Waals surface area contributed by atoms with E-state index in [0.29, 0.717) is 17.1 Å². The van der Waals surface area contributed by atoms with E-state index in [1.807, 2.05) is 13.8 Å². The quantitative estimate of drug-likeness (QED) is 0.233. The topological polar surface area (TPSA) is 116 Å². The third-order valence-electron chi connectivity index (χ3n) is 5.33. The highest BCUT2D eigenvalue weighted by atomic mass is 16.7. The molecule has 10 heteroatoms. The maximum atomic E-state index is 13.3. The molecular formula is C28H32O10. The van der Waals surface area contributed by atoms with Gasteiger partial charge in [-0.15, -0.1) is 0 Å². The fourth-order valence-corrected chi connectivity index (χ4v) is 3.52. The highest BCUT2D eigenvalue weighted by Crippen LogP contribution is 2.44. The summed E-state index contributed by atoms with van der Waals surface area (Å²) in [5, 5.41) is 0. The van der Waals surface area contributed by atoms with Crippen molar-refractivity contribution in [3.63, 3.8) is 0 Å². The van der Waals surface area contributed by atoms with Crippen LogP contribution in [0.4, 0.5) is 9.59 Å². The van der Waals surface area contributed by atoms with Gasteiger partial charge in [0.05, 0.1) is 20.6 Å². The zero-order chi connectivity index (χ0) is 28.3. The van der Waals surface area contributed by atoms with Crippen molar-refractivity contribution >= 4 is 18.1 Å². The van der Waals surface area contributed by atoms with Crippen LogP contribution >= 0.6 is 0 Å². The summed E-state index contributed by atoms with van der Waals surface area (Å²) in [6, 6.07) is 7.76. The predicted octanol–water partition coefficient (Wildman–Crippen LogP) is 6.20. The first-order valence-corrected chi connectivity index (χ1v) is 11.8. The van der Waals surface area contributed by atoms with E-state index in [0.717, 1.165) is 7.11 Å². The summed E-state index contributed by atoms with van der Waals surface area (Å²) in [6.07, 6.45) is -1.17.